The van der Waals surface area contributed by atoms with E-state index in [4.69, 9.17) is 32.4 Å². The van der Waals surface area contributed by atoms with E-state index >= 15 is 0 Å². The molecule has 1 aromatic carbocycles. The van der Waals surface area contributed by atoms with E-state index in [9.17, 15) is 0 Å². The van der Waals surface area contributed by atoms with Gasteiger partial charge in [0.1, 0.15) is 5.76 Å². The number of fused-ring (bicyclic) bond motifs is 1. The molecule has 0 saturated heterocycles. The van der Waals surface area contributed by atoms with Crippen LogP contribution in [0.3, 0.4) is 0 Å². The van der Waals surface area contributed by atoms with Crippen molar-refractivity contribution in [3.05, 3.63) is 31.9 Å². The lowest BCUT2D eigenvalue weighted by Gasteiger charge is -2.07. The predicted octanol–water partition coefficient (Wildman–Crippen LogP) is 5.39. The monoisotopic (exact) mass is 393 g/mol. The Labute approximate surface area is 143 Å². The molecule has 0 saturated carbocycles. The van der Waals surface area contributed by atoms with Crippen molar-refractivity contribution in [1.29, 1.82) is 0 Å². The van der Waals surface area contributed by atoms with E-state index in [-0.39, 0.29) is 0 Å². The van der Waals surface area contributed by atoms with E-state index < -0.39 is 0 Å². The molecule has 0 amide bonds. The highest BCUT2D eigenvalue weighted by molar-refractivity contribution is 9.10. The van der Waals surface area contributed by atoms with Crippen LogP contribution in [0.25, 0.3) is 11.0 Å². The number of hydrogen-bond donors (Lipinski definition) is 1. The molecule has 0 atom stereocenters. The van der Waals surface area contributed by atoms with Gasteiger partial charge in [0.2, 0.25) is 0 Å². The van der Waals surface area contributed by atoms with Crippen LogP contribution in [0.15, 0.2) is 15.0 Å². The molecule has 0 unspecified atom stereocenters. The fraction of sp³-hybridized carbons (Fsp3) is 0.467. The predicted molar refractivity (Wildman–Crippen MR) is 91.2 cm³/mol. The summed E-state index contributed by atoms with van der Waals surface area (Å²) in [5.41, 5.74) is 1.55. The highest BCUT2D eigenvalue weighted by atomic mass is 79.9. The SMILES string of the molecule is COCc1c(CNCC(C)C)oc2c(Cl)cc(Br)c(Cl)c12. The van der Waals surface area contributed by atoms with Gasteiger partial charge in [-0.1, -0.05) is 37.0 Å². The van der Waals surface area contributed by atoms with Gasteiger partial charge >= 0.3 is 0 Å². The van der Waals surface area contributed by atoms with E-state index in [1.807, 2.05) is 0 Å². The first-order valence-corrected chi connectivity index (χ1v) is 8.28. The van der Waals surface area contributed by atoms with Crippen molar-refractivity contribution in [3.8, 4) is 0 Å². The lowest BCUT2D eigenvalue weighted by Crippen LogP contribution is -2.19. The highest BCUT2D eigenvalue weighted by Crippen LogP contribution is 2.41. The van der Waals surface area contributed by atoms with Crippen molar-refractivity contribution >= 4 is 50.1 Å². The smallest absolute Gasteiger partial charge is 0.154 e. The van der Waals surface area contributed by atoms with Crippen molar-refractivity contribution in [2.24, 2.45) is 5.92 Å². The van der Waals surface area contributed by atoms with Gasteiger partial charge in [0.15, 0.2) is 5.58 Å². The number of hydrogen-bond acceptors (Lipinski definition) is 3. The second-order valence-electron chi connectivity index (χ2n) is 5.32. The first kappa shape index (κ1) is 17.1. The molecule has 0 aliphatic rings. The maximum atomic E-state index is 6.40. The Morgan fingerprint density at radius 2 is 2.10 bits per heavy atom. The summed E-state index contributed by atoms with van der Waals surface area (Å²) in [7, 11) is 1.65. The topological polar surface area (TPSA) is 34.4 Å². The largest absolute Gasteiger partial charge is 0.458 e. The van der Waals surface area contributed by atoms with Crippen LogP contribution in [0, 0.1) is 5.92 Å². The Bertz CT molecular complexity index is 640. The third-order valence-corrected chi connectivity index (χ3v) is 4.64. The fourth-order valence-electron chi connectivity index (χ4n) is 2.19. The average molecular weight is 395 g/mol. The third-order valence-electron chi connectivity index (χ3n) is 3.12. The third kappa shape index (κ3) is 3.74. The highest BCUT2D eigenvalue weighted by Gasteiger charge is 2.20. The minimum absolute atomic E-state index is 0.429. The lowest BCUT2D eigenvalue weighted by atomic mass is 10.1. The number of benzene rings is 1. The van der Waals surface area contributed by atoms with Crippen molar-refractivity contribution in [1.82, 2.24) is 5.32 Å². The van der Waals surface area contributed by atoms with Gasteiger partial charge in [0, 0.05) is 22.5 Å². The Morgan fingerprint density at radius 1 is 1.38 bits per heavy atom. The van der Waals surface area contributed by atoms with Gasteiger partial charge < -0.3 is 14.5 Å². The van der Waals surface area contributed by atoms with E-state index in [1.165, 1.54) is 0 Å². The van der Waals surface area contributed by atoms with Crippen LogP contribution in [0.4, 0.5) is 0 Å². The van der Waals surface area contributed by atoms with Gasteiger partial charge in [0.05, 0.1) is 23.2 Å². The molecule has 6 heteroatoms. The average Bonchev–Trinajstić information content (AvgIpc) is 2.76. The van der Waals surface area contributed by atoms with Crippen LogP contribution < -0.4 is 5.32 Å². The number of nitrogens with one attached hydrogen (secondary N) is 1. The lowest BCUT2D eigenvalue weighted by molar-refractivity contribution is 0.183. The maximum absolute atomic E-state index is 6.40. The number of rotatable bonds is 6. The Kier molecular flexibility index (Phi) is 5.97. The van der Waals surface area contributed by atoms with E-state index in [2.05, 4.69) is 35.1 Å². The van der Waals surface area contributed by atoms with Gasteiger partial charge in [-0.15, -0.1) is 0 Å². The molecule has 21 heavy (non-hydrogen) atoms. The van der Waals surface area contributed by atoms with Crippen molar-refractivity contribution in [2.75, 3.05) is 13.7 Å². The molecule has 2 rings (SSSR count). The second-order valence-corrected chi connectivity index (χ2v) is 6.96. The molecular weight excluding hydrogens is 377 g/mol. The Morgan fingerprint density at radius 3 is 2.71 bits per heavy atom. The fourth-order valence-corrected chi connectivity index (χ4v) is 3.24. The van der Waals surface area contributed by atoms with Crippen LogP contribution in [0.1, 0.15) is 25.2 Å². The number of methoxy groups -OCH3 is 1. The molecule has 0 fully saturated rings. The molecule has 0 aliphatic carbocycles. The molecule has 2 aromatic rings. The summed E-state index contributed by atoms with van der Waals surface area (Å²) in [4.78, 5) is 0. The van der Waals surface area contributed by atoms with Crippen LogP contribution in [-0.2, 0) is 17.9 Å². The first-order chi connectivity index (χ1) is 9.95. The van der Waals surface area contributed by atoms with Crippen LogP contribution in [0.2, 0.25) is 10.0 Å². The van der Waals surface area contributed by atoms with Gasteiger partial charge in [-0.3, -0.25) is 0 Å². The van der Waals surface area contributed by atoms with Gasteiger partial charge in [-0.25, -0.2) is 0 Å². The molecular formula is C15H18BrCl2NO2. The van der Waals surface area contributed by atoms with Crippen molar-refractivity contribution < 1.29 is 9.15 Å². The van der Waals surface area contributed by atoms with E-state index in [0.717, 1.165) is 27.7 Å². The van der Waals surface area contributed by atoms with E-state index in [1.54, 1.807) is 13.2 Å². The molecule has 116 valence electrons. The van der Waals surface area contributed by atoms with Crippen LogP contribution in [-0.4, -0.2) is 13.7 Å². The summed E-state index contributed by atoms with van der Waals surface area (Å²) in [5.74, 6) is 1.39. The van der Waals surface area contributed by atoms with Crippen LogP contribution >= 0.6 is 39.1 Å². The molecule has 1 N–H and O–H groups in total. The van der Waals surface area contributed by atoms with E-state index in [0.29, 0.717) is 34.7 Å². The summed E-state index contributed by atoms with van der Waals surface area (Å²) in [6, 6.07) is 1.75. The zero-order valence-electron chi connectivity index (χ0n) is 12.2. The summed E-state index contributed by atoms with van der Waals surface area (Å²) < 4.78 is 12.0. The molecule has 0 radical (unpaired) electrons. The summed E-state index contributed by atoms with van der Waals surface area (Å²) in [6.07, 6.45) is 0. The van der Waals surface area contributed by atoms with Gasteiger partial charge in [-0.05, 0) is 34.5 Å². The van der Waals surface area contributed by atoms with Crippen molar-refractivity contribution in [2.45, 2.75) is 27.0 Å². The zero-order valence-corrected chi connectivity index (χ0v) is 15.3. The second kappa shape index (κ2) is 7.34. The Balaban J connectivity index is 2.47. The minimum atomic E-state index is 0.429. The molecule has 0 bridgehead atoms. The quantitative estimate of drug-likeness (QED) is 0.666. The Hall–Kier alpha value is -0.260. The standard InChI is InChI=1S/C15H18BrCl2NO2/c1-8(2)5-19-6-12-9(7-20-3)13-14(18)10(16)4-11(17)15(13)21-12/h4,8,19H,5-7H2,1-3H3. The summed E-state index contributed by atoms with van der Waals surface area (Å²) in [5, 5.41) is 5.32. The molecule has 1 heterocycles. The van der Waals surface area contributed by atoms with Gasteiger partial charge in [-0.2, -0.15) is 0 Å². The normalized spacial score (nSPS) is 11.8. The first-order valence-electron chi connectivity index (χ1n) is 6.73. The maximum Gasteiger partial charge on any atom is 0.154 e. The molecule has 0 aliphatic heterocycles. The number of ether oxygens (including phenoxy) is 1. The van der Waals surface area contributed by atoms with Gasteiger partial charge in [0.25, 0.3) is 0 Å². The van der Waals surface area contributed by atoms with Crippen LogP contribution in [0.5, 0.6) is 0 Å². The summed E-state index contributed by atoms with van der Waals surface area (Å²) >= 11 is 16.1. The molecule has 3 nitrogen and oxygen atoms in total. The van der Waals surface area contributed by atoms with Crippen molar-refractivity contribution in [3.63, 3.8) is 0 Å². The number of halogens is 3. The summed E-state index contributed by atoms with van der Waals surface area (Å²) in [6.45, 7) is 6.28. The molecule has 0 spiro atoms. The minimum Gasteiger partial charge on any atom is -0.458 e. The molecule has 1 aromatic heterocycles. The number of furan rings is 1. The zero-order chi connectivity index (χ0) is 15.6.